The highest BCUT2D eigenvalue weighted by Crippen LogP contribution is 1.91. The van der Waals surface area contributed by atoms with Crippen molar-refractivity contribution in [3.63, 3.8) is 0 Å². The molecule has 0 aromatic carbocycles. The summed E-state index contributed by atoms with van der Waals surface area (Å²) in [5, 5.41) is 8.04. The minimum absolute atomic E-state index is 0. The molecule has 0 heterocycles. The highest BCUT2D eigenvalue weighted by molar-refractivity contribution is 8.93. The quantitative estimate of drug-likeness (QED) is 0.791. The van der Waals surface area contributed by atoms with Crippen LogP contribution in [0.3, 0.4) is 0 Å². The first-order valence-corrected chi connectivity index (χ1v) is 2.49. The van der Waals surface area contributed by atoms with Gasteiger partial charge in [-0.25, -0.2) is 0 Å². The molecule has 0 bridgehead atoms. The Morgan fingerprint density at radius 2 is 2.00 bits per heavy atom. The number of unbranched alkanes of at least 4 members (excludes halogenated alkanes) is 1. The number of halogens is 2. The van der Waals surface area contributed by atoms with Gasteiger partial charge in [0, 0.05) is 6.42 Å². The first-order chi connectivity index (χ1) is 3.27. The molecule has 0 aliphatic carbocycles. The fraction of sp³-hybridized carbons (Fsp3) is 0.800. The molecule has 4 heteroatoms. The van der Waals surface area contributed by atoms with Crippen LogP contribution >= 0.6 is 29.4 Å². The van der Waals surface area contributed by atoms with E-state index >= 15 is 0 Å². The molecule has 0 rings (SSSR count). The molecule has 0 unspecified atom stereocenters. The lowest BCUT2D eigenvalue weighted by molar-refractivity contribution is -0.137. The van der Waals surface area contributed by atoms with E-state index in [1.807, 2.05) is 6.92 Å². The molecule has 2 nitrogen and oxygen atoms in total. The third-order valence-corrected chi connectivity index (χ3v) is 0.744. The van der Waals surface area contributed by atoms with Gasteiger partial charge in [-0.3, -0.25) is 4.79 Å². The predicted molar refractivity (Wildman–Crippen MR) is 44.7 cm³/mol. The minimum atomic E-state index is -0.693. The van der Waals surface area contributed by atoms with Crippen LogP contribution in [-0.4, -0.2) is 11.1 Å². The Labute approximate surface area is 71.8 Å². The monoisotopic (exact) mass is 218 g/mol. The highest BCUT2D eigenvalue weighted by atomic mass is 79.9. The number of hydrogen-bond acceptors (Lipinski definition) is 1. The SMILES string of the molecule is Br.CCCCC(=O)O.Cl. The maximum absolute atomic E-state index is 9.76. The predicted octanol–water partition coefficient (Wildman–Crippen LogP) is 2.26. The molecule has 0 atom stereocenters. The van der Waals surface area contributed by atoms with Gasteiger partial charge >= 0.3 is 5.97 Å². The fourth-order valence-electron chi connectivity index (χ4n) is 0.328. The fourth-order valence-corrected chi connectivity index (χ4v) is 0.328. The minimum Gasteiger partial charge on any atom is -0.481 e. The van der Waals surface area contributed by atoms with Gasteiger partial charge in [0.1, 0.15) is 0 Å². The second-order valence-corrected chi connectivity index (χ2v) is 1.50. The van der Waals surface area contributed by atoms with Crippen molar-refractivity contribution < 1.29 is 9.90 Å². The second kappa shape index (κ2) is 11.1. The lowest BCUT2D eigenvalue weighted by Gasteiger charge is -1.85. The summed E-state index contributed by atoms with van der Waals surface area (Å²) >= 11 is 0. The maximum Gasteiger partial charge on any atom is 0.303 e. The third-order valence-electron chi connectivity index (χ3n) is 0.744. The largest absolute Gasteiger partial charge is 0.481 e. The van der Waals surface area contributed by atoms with Crippen molar-refractivity contribution in [2.24, 2.45) is 0 Å². The van der Waals surface area contributed by atoms with Crippen LogP contribution in [0.4, 0.5) is 0 Å². The summed E-state index contributed by atoms with van der Waals surface area (Å²) in [5.41, 5.74) is 0. The van der Waals surface area contributed by atoms with Gasteiger partial charge in [0.25, 0.3) is 0 Å². The van der Waals surface area contributed by atoms with Crippen molar-refractivity contribution in [3.8, 4) is 0 Å². The molecule has 0 aliphatic rings. The zero-order chi connectivity index (χ0) is 5.70. The number of rotatable bonds is 3. The summed E-state index contributed by atoms with van der Waals surface area (Å²) in [6.07, 6.45) is 2.08. The summed E-state index contributed by atoms with van der Waals surface area (Å²) < 4.78 is 0. The van der Waals surface area contributed by atoms with E-state index in [1.165, 1.54) is 0 Å². The Bertz CT molecular complexity index is 68.0. The molecule has 0 saturated heterocycles. The van der Waals surface area contributed by atoms with Gasteiger partial charge in [-0.05, 0) is 6.42 Å². The van der Waals surface area contributed by atoms with Gasteiger partial charge in [-0.15, -0.1) is 29.4 Å². The van der Waals surface area contributed by atoms with Crippen LogP contribution < -0.4 is 0 Å². The van der Waals surface area contributed by atoms with Gasteiger partial charge in [0.2, 0.25) is 0 Å². The molecule has 58 valence electrons. The summed E-state index contributed by atoms with van der Waals surface area (Å²) in [6, 6.07) is 0. The average Bonchev–Trinajstić information content (AvgIpc) is 1.61. The van der Waals surface area contributed by atoms with Crippen LogP contribution in [0.1, 0.15) is 26.2 Å². The first kappa shape index (κ1) is 16.1. The third kappa shape index (κ3) is 17.8. The van der Waals surface area contributed by atoms with E-state index < -0.39 is 5.97 Å². The Hall–Kier alpha value is 0.240. The molecule has 0 saturated carbocycles. The highest BCUT2D eigenvalue weighted by Gasteiger charge is 1.90. The smallest absolute Gasteiger partial charge is 0.303 e. The lowest BCUT2D eigenvalue weighted by Crippen LogP contribution is -1.91. The molecule has 0 amide bonds. The molecule has 0 fully saturated rings. The number of carboxylic acid groups (broad SMARTS) is 1. The molecule has 0 aliphatic heterocycles. The van der Waals surface area contributed by atoms with Crippen molar-refractivity contribution in [2.75, 3.05) is 0 Å². The molecule has 9 heavy (non-hydrogen) atoms. The summed E-state index contributed by atoms with van der Waals surface area (Å²) in [4.78, 5) is 9.76. The van der Waals surface area contributed by atoms with Crippen molar-refractivity contribution in [1.82, 2.24) is 0 Å². The molecule has 0 spiro atoms. The number of aliphatic carboxylic acids is 1. The molecular weight excluding hydrogens is 207 g/mol. The van der Waals surface area contributed by atoms with Crippen molar-refractivity contribution >= 4 is 35.4 Å². The molecule has 0 aromatic heterocycles. The van der Waals surface area contributed by atoms with Crippen LogP contribution in [0.15, 0.2) is 0 Å². The zero-order valence-electron chi connectivity index (χ0n) is 5.29. The Balaban J connectivity index is -0.000000180. The standard InChI is InChI=1S/C5H10O2.BrH.ClH/c1-2-3-4-5(6)7;;/h2-4H2,1H3,(H,6,7);2*1H. The number of hydrogen-bond donors (Lipinski definition) is 1. The zero-order valence-corrected chi connectivity index (χ0v) is 7.82. The van der Waals surface area contributed by atoms with E-state index in [1.54, 1.807) is 0 Å². The summed E-state index contributed by atoms with van der Waals surface area (Å²) in [7, 11) is 0. The van der Waals surface area contributed by atoms with E-state index in [2.05, 4.69) is 0 Å². The Morgan fingerprint density at radius 1 is 1.56 bits per heavy atom. The van der Waals surface area contributed by atoms with Crippen molar-refractivity contribution in [2.45, 2.75) is 26.2 Å². The van der Waals surface area contributed by atoms with Crippen LogP contribution in [0, 0.1) is 0 Å². The van der Waals surface area contributed by atoms with Crippen LogP contribution in [0.25, 0.3) is 0 Å². The molecule has 1 N–H and O–H groups in total. The van der Waals surface area contributed by atoms with E-state index in [4.69, 9.17) is 5.11 Å². The van der Waals surface area contributed by atoms with Gasteiger partial charge < -0.3 is 5.11 Å². The van der Waals surface area contributed by atoms with Crippen molar-refractivity contribution in [1.29, 1.82) is 0 Å². The van der Waals surface area contributed by atoms with E-state index in [0.29, 0.717) is 6.42 Å². The van der Waals surface area contributed by atoms with Gasteiger partial charge in [0.05, 0.1) is 0 Å². The molecular formula is C5H12BrClO2. The number of carboxylic acids is 1. The van der Waals surface area contributed by atoms with E-state index in [9.17, 15) is 4.79 Å². The maximum atomic E-state index is 9.76. The summed E-state index contributed by atoms with van der Waals surface area (Å²) in [5.74, 6) is -0.693. The lowest BCUT2D eigenvalue weighted by atomic mass is 10.3. The van der Waals surface area contributed by atoms with Gasteiger partial charge in [-0.2, -0.15) is 0 Å². The summed E-state index contributed by atoms with van der Waals surface area (Å²) in [6.45, 7) is 1.98. The Kier molecular flexibility index (Phi) is 19.9. The van der Waals surface area contributed by atoms with Crippen LogP contribution in [0.5, 0.6) is 0 Å². The van der Waals surface area contributed by atoms with Crippen molar-refractivity contribution in [3.05, 3.63) is 0 Å². The molecule has 0 radical (unpaired) electrons. The second-order valence-electron chi connectivity index (χ2n) is 1.50. The normalized spacial score (nSPS) is 6.78. The van der Waals surface area contributed by atoms with Gasteiger partial charge in [0.15, 0.2) is 0 Å². The van der Waals surface area contributed by atoms with E-state index in [0.717, 1.165) is 12.8 Å². The first-order valence-electron chi connectivity index (χ1n) is 2.49. The molecule has 0 aromatic rings. The van der Waals surface area contributed by atoms with Crippen LogP contribution in [-0.2, 0) is 4.79 Å². The van der Waals surface area contributed by atoms with E-state index in [-0.39, 0.29) is 29.4 Å². The average molecular weight is 220 g/mol. The topological polar surface area (TPSA) is 37.3 Å². The Morgan fingerprint density at radius 3 is 2.11 bits per heavy atom. The number of carbonyl (C=O) groups is 1. The van der Waals surface area contributed by atoms with Gasteiger partial charge in [-0.1, -0.05) is 13.3 Å². The van der Waals surface area contributed by atoms with Crippen LogP contribution in [0.2, 0.25) is 0 Å².